The summed E-state index contributed by atoms with van der Waals surface area (Å²) in [5.74, 6) is 0.634. The fraction of sp³-hybridized carbons (Fsp3) is 0.421. The first kappa shape index (κ1) is 18.0. The molecule has 0 spiro atoms. The highest BCUT2D eigenvalue weighted by atomic mass is 16.5. The molecule has 2 aromatic rings. The zero-order valence-electron chi connectivity index (χ0n) is 15.4. The number of aryl methyl sites for hydroxylation is 2. The number of ether oxygens (including phenoxy) is 2. The van der Waals surface area contributed by atoms with Crippen LogP contribution in [0.15, 0.2) is 30.3 Å². The van der Waals surface area contributed by atoms with Crippen LogP contribution in [0.4, 0.5) is 10.5 Å². The van der Waals surface area contributed by atoms with Crippen molar-refractivity contribution in [2.75, 3.05) is 25.5 Å². The lowest BCUT2D eigenvalue weighted by Crippen LogP contribution is -2.46. The molecule has 0 radical (unpaired) electrons. The summed E-state index contributed by atoms with van der Waals surface area (Å²) in [5, 5.41) is 2.91. The van der Waals surface area contributed by atoms with E-state index in [4.69, 9.17) is 9.47 Å². The first-order chi connectivity index (χ1) is 12.5. The van der Waals surface area contributed by atoms with Gasteiger partial charge >= 0.3 is 12.0 Å². The molecule has 138 valence electrons. The molecule has 1 atom stereocenters. The molecular formula is C19H24N4O3. The van der Waals surface area contributed by atoms with Crippen molar-refractivity contribution in [2.24, 2.45) is 0 Å². The Morgan fingerprint density at radius 3 is 2.69 bits per heavy atom. The van der Waals surface area contributed by atoms with Gasteiger partial charge in [0.25, 0.3) is 0 Å². The molecule has 0 aliphatic carbocycles. The van der Waals surface area contributed by atoms with Gasteiger partial charge in [-0.3, -0.25) is 0 Å². The highest BCUT2D eigenvalue weighted by Gasteiger charge is 2.26. The number of hydrogen-bond donors (Lipinski definition) is 1. The highest BCUT2D eigenvalue weighted by molar-refractivity contribution is 5.91. The van der Waals surface area contributed by atoms with Gasteiger partial charge in [0.05, 0.1) is 19.3 Å². The number of nitrogens with zero attached hydrogens (tertiary/aromatic N) is 3. The molecule has 7 nitrogen and oxygen atoms in total. The van der Waals surface area contributed by atoms with Crippen molar-refractivity contribution in [3.05, 3.63) is 41.7 Å². The van der Waals surface area contributed by atoms with Crippen molar-refractivity contribution < 1.29 is 14.3 Å². The first-order valence-corrected chi connectivity index (χ1v) is 8.73. The van der Waals surface area contributed by atoms with Crippen molar-refractivity contribution in [1.29, 1.82) is 0 Å². The van der Waals surface area contributed by atoms with Gasteiger partial charge in [-0.05, 0) is 44.9 Å². The van der Waals surface area contributed by atoms with Gasteiger partial charge in [-0.15, -0.1) is 0 Å². The van der Waals surface area contributed by atoms with Crippen LogP contribution in [-0.2, 0) is 0 Å². The quantitative estimate of drug-likeness (QED) is 0.910. The normalized spacial score (nSPS) is 16.9. The molecule has 1 aromatic heterocycles. The largest absolute Gasteiger partial charge is 0.495 e. The molecule has 1 fully saturated rings. The van der Waals surface area contributed by atoms with Crippen LogP contribution >= 0.6 is 0 Å². The lowest BCUT2D eigenvalue weighted by Gasteiger charge is -2.32. The number of likely N-dealkylation sites (tertiary alicyclic amines) is 1. The van der Waals surface area contributed by atoms with Gasteiger partial charge in [0.15, 0.2) is 0 Å². The highest BCUT2D eigenvalue weighted by Crippen LogP contribution is 2.24. The molecule has 0 saturated carbocycles. The van der Waals surface area contributed by atoms with E-state index < -0.39 is 0 Å². The van der Waals surface area contributed by atoms with Gasteiger partial charge in [-0.1, -0.05) is 12.1 Å². The minimum atomic E-state index is -0.163. The lowest BCUT2D eigenvalue weighted by atomic mass is 10.1. The molecule has 2 heterocycles. The van der Waals surface area contributed by atoms with Crippen LogP contribution in [0.2, 0.25) is 0 Å². The van der Waals surface area contributed by atoms with Gasteiger partial charge in [-0.25, -0.2) is 14.8 Å². The predicted octanol–water partition coefficient (Wildman–Crippen LogP) is 3.18. The van der Waals surface area contributed by atoms with Gasteiger partial charge in [0.2, 0.25) is 0 Å². The SMILES string of the molecule is COc1ccccc1NC(=O)N1CCCC(Oc2nc(C)cc(C)n2)C1. The summed E-state index contributed by atoms with van der Waals surface area (Å²) in [6.45, 7) is 5.01. The Labute approximate surface area is 153 Å². The third-order valence-electron chi connectivity index (χ3n) is 4.25. The fourth-order valence-corrected chi connectivity index (χ4v) is 3.06. The minimum Gasteiger partial charge on any atom is -0.495 e. The maximum absolute atomic E-state index is 12.6. The minimum absolute atomic E-state index is 0.117. The maximum atomic E-state index is 12.6. The molecular weight excluding hydrogens is 332 g/mol. The second-order valence-electron chi connectivity index (χ2n) is 6.39. The summed E-state index contributed by atoms with van der Waals surface area (Å²) in [7, 11) is 1.58. The average molecular weight is 356 g/mol. The number of para-hydroxylation sites is 2. The summed E-state index contributed by atoms with van der Waals surface area (Å²) in [4.78, 5) is 23.0. The van der Waals surface area contributed by atoms with E-state index in [1.807, 2.05) is 44.2 Å². The summed E-state index contributed by atoms with van der Waals surface area (Å²) in [6, 6.07) is 9.47. The van der Waals surface area contributed by atoms with Gasteiger partial charge in [-0.2, -0.15) is 0 Å². The number of urea groups is 1. The van der Waals surface area contributed by atoms with Gasteiger partial charge in [0, 0.05) is 17.9 Å². The number of anilines is 1. The lowest BCUT2D eigenvalue weighted by molar-refractivity contribution is 0.0980. The van der Waals surface area contributed by atoms with E-state index in [0.717, 1.165) is 24.2 Å². The standard InChI is InChI=1S/C19H24N4O3/c1-13-11-14(2)21-18(20-13)26-15-7-6-10-23(12-15)19(24)22-16-8-4-5-9-17(16)25-3/h4-5,8-9,11,15H,6-7,10,12H2,1-3H3,(H,22,24). The molecule has 1 aromatic carbocycles. The van der Waals surface area contributed by atoms with Crippen LogP contribution in [0.3, 0.4) is 0 Å². The number of hydrogen-bond acceptors (Lipinski definition) is 5. The van der Waals surface area contributed by atoms with Crippen molar-refractivity contribution in [3.63, 3.8) is 0 Å². The van der Waals surface area contributed by atoms with Crippen molar-refractivity contribution in [2.45, 2.75) is 32.8 Å². The Morgan fingerprint density at radius 2 is 1.96 bits per heavy atom. The number of rotatable bonds is 4. The van der Waals surface area contributed by atoms with E-state index in [1.54, 1.807) is 12.0 Å². The van der Waals surface area contributed by atoms with Crippen LogP contribution in [0.25, 0.3) is 0 Å². The molecule has 2 amide bonds. The Morgan fingerprint density at radius 1 is 1.23 bits per heavy atom. The van der Waals surface area contributed by atoms with E-state index in [2.05, 4.69) is 15.3 Å². The number of amides is 2. The molecule has 1 unspecified atom stereocenters. The van der Waals surface area contributed by atoms with Crippen LogP contribution in [0.1, 0.15) is 24.2 Å². The summed E-state index contributed by atoms with van der Waals surface area (Å²) in [6.07, 6.45) is 1.62. The van der Waals surface area contributed by atoms with Crippen LogP contribution < -0.4 is 14.8 Å². The zero-order valence-corrected chi connectivity index (χ0v) is 15.4. The van der Waals surface area contributed by atoms with E-state index in [-0.39, 0.29) is 12.1 Å². The van der Waals surface area contributed by atoms with Crippen molar-refractivity contribution in [3.8, 4) is 11.8 Å². The number of benzene rings is 1. The van der Waals surface area contributed by atoms with Gasteiger partial charge in [0.1, 0.15) is 11.9 Å². The Balaban J connectivity index is 1.63. The summed E-state index contributed by atoms with van der Waals surface area (Å²) in [5.41, 5.74) is 2.39. The average Bonchev–Trinajstić information content (AvgIpc) is 2.61. The number of methoxy groups -OCH3 is 1. The van der Waals surface area contributed by atoms with E-state index in [9.17, 15) is 4.79 Å². The molecule has 1 saturated heterocycles. The third kappa shape index (κ3) is 4.41. The Hall–Kier alpha value is -2.83. The number of carbonyl (C=O) groups excluding carboxylic acids is 1. The second kappa shape index (κ2) is 8.03. The smallest absolute Gasteiger partial charge is 0.322 e. The van der Waals surface area contributed by atoms with E-state index >= 15 is 0 Å². The molecule has 1 aliphatic heterocycles. The molecule has 26 heavy (non-hydrogen) atoms. The van der Waals surface area contributed by atoms with Gasteiger partial charge < -0.3 is 19.7 Å². The Kier molecular flexibility index (Phi) is 5.55. The molecule has 7 heteroatoms. The van der Waals surface area contributed by atoms with Crippen LogP contribution in [0, 0.1) is 13.8 Å². The van der Waals surface area contributed by atoms with Crippen LogP contribution in [0.5, 0.6) is 11.8 Å². The van der Waals surface area contributed by atoms with Crippen LogP contribution in [-0.4, -0.2) is 47.2 Å². The summed E-state index contributed by atoms with van der Waals surface area (Å²) >= 11 is 0. The predicted molar refractivity (Wildman–Crippen MR) is 98.7 cm³/mol. The fourth-order valence-electron chi connectivity index (χ4n) is 3.06. The van der Waals surface area contributed by atoms with Crippen molar-refractivity contribution >= 4 is 11.7 Å². The van der Waals surface area contributed by atoms with E-state index in [1.165, 1.54) is 0 Å². The Bertz CT molecular complexity index is 761. The zero-order chi connectivity index (χ0) is 18.5. The topological polar surface area (TPSA) is 76.6 Å². The number of nitrogens with one attached hydrogen (secondary N) is 1. The molecule has 1 aliphatic rings. The second-order valence-corrected chi connectivity index (χ2v) is 6.39. The van der Waals surface area contributed by atoms with Crippen molar-refractivity contribution in [1.82, 2.24) is 14.9 Å². The monoisotopic (exact) mass is 356 g/mol. The molecule has 1 N–H and O–H groups in total. The third-order valence-corrected chi connectivity index (χ3v) is 4.25. The first-order valence-electron chi connectivity index (χ1n) is 8.73. The number of aromatic nitrogens is 2. The number of carbonyl (C=O) groups is 1. The molecule has 3 rings (SSSR count). The summed E-state index contributed by atoms with van der Waals surface area (Å²) < 4.78 is 11.2. The van der Waals surface area contributed by atoms with E-state index in [0.29, 0.717) is 30.5 Å². The number of piperidine rings is 1. The molecule has 0 bridgehead atoms. The maximum Gasteiger partial charge on any atom is 0.322 e.